The summed E-state index contributed by atoms with van der Waals surface area (Å²) < 4.78 is 1.60. The number of aromatic nitrogens is 2. The first kappa shape index (κ1) is 14.8. The number of anilines is 1. The first-order valence-electron chi connectivity index (χ1n) is 7.23. The molecule has 2 aromatic heterocycles. The van der Waals surface area contributed by atoms with Crippen molar-refractivity contribution in [3.8, 4) is 5.75 Å². The summed E-state index contributed by atoms with van der Waals surface area (Å²) in [5.74, 6) is 0.635. The third kappa shape index (κ3) is 2.66. The Morgan fingerprint density at radius 3 is 2.78 bits per heavy atom. The summed E-state index contributed by atoms with van der Waals surface area (Å²) in [4.78, 5) is 20.8. The first-order chi connectivity index (χ1) is 11.1. The number of aryl methyl sites for hydroxylation is 1. The highest BCUT2D eigenvalue weighted by Crippen LogP contribution is 2.25. The van der Waals surface area contributed by atoms with E-state index in [-0.39, 0.29) is 16.9 Å². The average Bonchev–Trinajstić information content (AvgIpc) is 2.55. The molecular formula is C17H16N4O2. The second-order valence-corrected chi connectivity index (χ2v) is 5.01. The topological polar surface area (TPSA) is 93.5 Å². The summed E-state index contributed by atoms with van der Waals surface area (Å²) in [7, 11) is 0. The van der Waals surface area contributed by atoms with Gasteiger partial charge in [-0.05, 0) is 31.2 Å². The predicted molar refractivity (Wildman–Crippen MR) is 91.5 cm³/mol. The van der Waals surface area contributed by atoms with Crippen LogP contribution in [0, 0.1) is 0 Å². The van der Waals surface area contributed by atoms with Crippen molar-refractivity contribution in [3.05, 3.63) is 58.4 Å². The van der Waals surface area contributed by atoms with Crippen LogP contribution in [0.15, 0.2) is 52.3 Å². The Morgan fingerprint density at radius 2 is 2.04 bits per heavy atom. The summed E-state index contributed by atoms with van der Waals surface area (Å²) in [6.45, 7) is 2.38. The third-order valence-electron chi connectivity index (χ3n) is 3.58. The van der Waals surface area contributed by atoms with E-state index in [1.807, 2.05) is 19.1 Å². The molecule has 116 valence electrons. The van der Waals surface area contributed by atoms with Crippen LogP contribution in [-0.2, 0) is 6.54 Å². The van der Waals surface area contributed by atoms with Gasteiger partial charge in [0.15, 0.2) is 5.82 Å². The molecule has 0 saturated carbocycles. The summed E-state index contributed by atoms with van der Waals surface area (Å²) in [6.07, 6.45) is 1.33. The minimum Gasteiger partial charge on any atom is -0.506 e. The molecular weight excluding hydrogens is 292 g/mol. The number of pyridine rings is 2. The zero-order chi connectivity index (χ0) is 16.4. The number of aliphatic imine (C=N–C) groups is 1. The molecule has 0 atom stereocenters. The quantitative estimate of drug-likeness (QED) is 0.727. The fourth-order valence-corrected chi connectivity index (χ4v) is 2.48. The molecule has 0 amide bonds. The van der Waals surface area contributed by atoms with Crippen molar-refractivity contribution in [3.63, 3.8) is 0 Å². The van der Waals surface area contributed by atoms with Crippen LogP contribution in [0.1, 0.15) is 12.5 Å². The number of hydrogen-bond acceptors (Lipinski definition) is 5. The van der Waals surface area contributed by atoms with E-state index < -0.39 is 0 Å². The molecule has 0 aliphatic carbocycles. The fourth-order valence-electron chi connectivity index (χ4n) is 2.48. The van der Waals surface area contributed by atoms with Crippen LogP contribution < -0.4 is 11.3 Å². The summed E-state index contributed by atoms with van der Waals surface area (Å²) in [6, 6.07) is 12.3. The molecule has 0 bridgehead atoms. The Labute approximate surface area is 132 Å². The van der Waals surface area contributed by atoms with Crippen LogP contribution in [0.25, 0.3) is 10.9 Å². The molecule has 0 fully saturated rings. The minimum absolute atomic E-state index is 0.0806. The number of fused-ring (bicyclic) bond motifs is 1. The lowest BCUT2D eigenvalue weighted by atomic mass is 10.1. The van der Waals surface area contributed by atoms with Gasteiger partial charge in [0.25, 0.3) is 5.56 Å². The number of rotatable bonds is 3. The summed E-state index contributed by atoms with van der Waals surface area (Å²) in [5.41, 5.74) is 6.14. The summed E-state index contributed by atoms with van der Waals surface area (Å²) >= 11 is 0. The molecule has 0 aliphatic heterocycles. The first-order valence-corrected chi connectivity index (χ1v) is 7.23. The van der Waals surface area contributed by atoms with Gasteiger partial charge >= 0.3 is 0 Å². The zero-order valence-corrected chi connectivity index (χ0v) is 12.6. The van der Waals surface area contributed by atoms with Crippen molar-refractivity contribution in [2.24, 2.45) is 4.99 Å². The van der Waals surface area contributed by atoms with E-state index in [0.717, 1.165) is 0 Å². The van der Waals surface area contributed by atoms with Gasteiger partial charge in [-0.3, -0.25) is 4.79 Å². The lowest BCUT2D eigenvalue weighted by Gasteiger charge is -2.11. The monoisotopic (exact) mass is 308 g/mol. The van der Waals surface area contributed by atoms with E-state index in [1.54, 1.807) is 34.9 Å². The number of aromatic hydroxyl groups is 1. The minimum atomic E-state index is -0.295. The summed E-state index contributed by atoms with van der Waals surface area (Å²) in [5, 5.41) is 11.0. The van der Waals surface area contributed by atoms with E-state index in [2.05, 4.69) is 9.98 Å². The Hall–Kier alpha value is -3.15. The van der Waals surface area contributed by atoms with Crippen molar-refractivity contribution in [2.75, 3.05) is 5.73 Å². The standard InChI is InChI=1S/C17H16N4O2/c1-2-21-13-7-4-3-6-11(13)16(22)12(17(21)23)10-19-15-9-5-8-14(18)20-15/h3-10,22H,2H2,1H3,(H2,18,20). The van der Waals surface area contributed by atoms with Crippen LogP contribution >= 0.6 is 0 Å². The van der Waals surface area contributed by atoms with Crippen LogP contribution in [-0.4, -0.2) is 20.9 Å². The molecule has 23 heavy (non-hydrogen) atoms. The van der Waals surface area contributed by atoms with Crippen LogP contribution in [0.2, 0.25) is 0 Å². The number of benzene rings is 1. The molecule has 6 heteroatoms. The number of nitrogens with two attached hydrogens (primary N) is 1. The van der Waals surface area contributed by atoms with E-state index in [1.165, 1.54) is 6.21 Å². The average molecular weight is 308 g/mol. The Kier molecular flexibility index (Phi) is 3.80. The molecule has 0 spiro atoms. The van der Waals surface area contributed by atoms with Crippen molar-refractivity contribution in [1.82, 2.24) is 9.55 Å². The number of nitrogen functional groups attached to an aromatic ring is 1. The molecule has 0 radical (unpaired) electrons. The number of hydrogen-bond donors (Lipinski definition) is 2. The SMILES string of the molecule is CCn1c(=O)c(C=Nc2cccc(N)n2)c(O)c2ccccc21. The van der Waals surface area contributed by atoms with Gasteiger partial charge in [-0.25, -0.2) is 9.98 Å². The molecule has 0 unspecified atom stereocenters. The van der Waals surface area contributed by atoms with Gasteiger partial charge in [-0.15, -0.1) is 0 Å². The molecule has 0 saturated heterocycles. The largest absolute Gasteiger partial charge is 0.506 e. The zero-order valence-electron chi connectivity index (χ0n) is 12.6. The molecule has 3 N–H and O–H groups in total. The highest BCUT2D eigenvalue weighted by Gasteiger charge is 2.13. The molecule has 2 heterocycles. The lowest BCUT2D eigenvalue weighted by molar-refractivity contribution is 0.478. The highest BCUT2D eigenvalue weighted by molar-refractivity contribution is 5.95. The van der Waals surface area contributed by atoms with Gasteiger partial charge in [0, 0.05) is 18.1 Å². The molecule has 3 rings (SSSR count). The van der Waals surface area contributed by atoms with E-state index >= 15 is 0 Å². The van der Waals surface area contributed by atoms with Crippen molar-refractivity contribution >= 4 is 28.8 Å². The van der Waals surface area contributed by atoms with Gasteiger partial charge < -0.3 is 15.4 Å². The molecule has 6 nitrogen and oxygen atoms in total. The highest BCUT2D eigenvalue weighted by atomic mass is 16.3. The van der Waals surface area contributed by atoms with Crippen molar-refractivity contribution < 1.29 is 5.11 Å². The van der Waals surface area contributed by atoms with Gasteiger partial charge in [0.05, 0.1) is 5.52 Å². The van der Waals surface area contributed by atoms with E-state index in [0.29, 0.717) is 29.1 Å². The van der Waals surface area contributed by atoms with Gasteiger partial charge in [-0.1, -0.05) is 18.2 Å². The van der Waals surface area contributed by atoms with E-state index in [4.69, 9.17) is 5.73 Å². The van der Waals surface area contributed by atoms with Gasteiger partial charge in [-0.2, -0.15) is 0 Å². The van der Waals surface area contributed by atoms with Crippen molar-refractivity contribution in [2.45, 2.75) is 13.5 Å². The molecule has 0 aliphatic rings. The van der Waals surface area contributed by atoms with Crippen molar-refractivity contribution in [1.29, 1.82) is 0 Å². The maximum Gasteiger partial charge on any atom is 0.263 e. The van der Waals surface area contributed by atoms with Gasteiger partial charge in [0.1, 0.15) is 17.1 Å². The smallest absolute Gasteiger partial charge is 0.263 e. The third-order valence-corrected chi connectivity index (χ3v) is 3.58. The molecule has 1 aromatic carbocycles. The van der Waals surface area contributed by atoms with E-state index in [9.17, 15) is 9.90 Å². The molecule has 3 aromatic rings. The fraction of sp³-hybridized carbons (Fsp3) is 0.118. The Bertz CT molecular complexity index is 960. The second kappa shape index (κ2) is 5.92. The number of nitrogens with zero attached hydrogens (tertiary/aromatic N) is 3. The Morgan fingerprint density at radius 1 is 1.26 bits per heavy atom. The number of para-hydroxylation sites is 1. The second-order valence-electron chi connectivity index (χ2n) is 5.01. The van der Waals surface area contributed by atoms with Gasteiger partial charge in [0.2, 0.25) is 0 Å². The predicted octanol–water partition coefficient (Wildman–Crippen LogP) is 2.45. The van der Waals surface area contributed by atoms with Crippen LogP contribution in [0.4, 0.5) is 11.6 Å². The maximum atomic E-state index is 12.6. The lowest BCUT2D eigenvalue weighted by Crippen LogP contribution is -2.23. The Balaban J connectivity index is 2.20. The van der Waals surface area contributed by atoms with Crippen LogP contribution in [0.3, 0.4) is 0 Å². The normalized spacial score (nSPS) is 11.3. The van der Waals surface area contributed by atoms with Crippen LogP contribution in [0.5, 0.6) is 5.75 Å². The maximum absolute atomic E-state index is 12.6.